The summed E-state index contributed by atoms with van der Waals surface area (Å²) in [5.41, 5.74) is -0.369. The minimum atomic E-state index is -1.39. The zero-order valence-electron chi connectivity index (χ0n) is 12.2. The molecule has 0 spiro atoms. The van der Waals surface area contributed by atoms with E-state index in [9.17, 15) is 9.59 Å². The molecule has 1 atom stereocenters. The Balaban J connectivity index is 1.93. The Hall–Kier alpha value is -2.58. The van der Waals surface area contributed by atoms with E-state index in [1.54, 1.807) is 6.20 Å². The van der Waals surface area contributed by atoms with Gasteiger partial charge < -0.3 is 14.4 Å². The van der Waals surface area contributed by atoms with Crippen LogP contribution in [0, 0.1) is 0 Å². The summed E-state index contributed by atoms with van der Waals surface area (Å²) in [5.74, 6) is 1.29. The van der Waals surface area contributed by atoms with Crippen LogP contribution in [0.2, 0.25) is 0 Å². The molecule has 0 aromatic carbocycles. The predicted molar refractivity (Wildman–Crippen MR) is 74.6 cm³/mol. The summed E-state index contributed by atoms with van der Waals surface area (Å²) < 4.78 is 9.37. The molecule has 0 fully saturated rings. The van der Waals surface area contributed by atoms with E-state index in [1.807, 2.05) is 17.7 Å². The first kappa shape index (κ1) is 14.4. The minimum Gasteiger partial charge on any atom is -0.450 e. The van der Waals surface area contributed by atoms with Crippen LogP contribution in [0.5, 0.6) is 0 Å². The Labute approximate surface area is 125 Å². The highest BCUT2D eigenvalue weighted by atomic mass is 16.7. The second kappa shape index (κ2) is 5.66. The zero-order valence-corrected chi connectivity index (χ0v) is 12.2. The van der Waals surface area contributed by atoms with Gasteiger partial charge >= 0.3 is 11.8 Å². The topological polar surface area (TPSA) is 104 Å². The molecule has 3 rings (SSSR count). The number of hydrogen-bond donors (Lipinski definition) is 1. The molecule has 0 saturated carbocycles. The first-order valence-electron chi connectivity index (χ1n) is 7.18. The summed E-state index contributed by atoms with van der Waals surface area (Å²) in [7, 11) is 0. The second-order valence-electron chi connectivity index (χ2n) is 5.09. The number of aromatic nitrogens is 5. The van der Waals surface area contributed by atoms with E-state index in [4.69, 9.17) is 9.84 Å². The number of imidazole rings is 1. The second-order valence-corrected chi connectivity index (χ2v) is 5.09. The van der Waals surface area contributed by atoms with Gasteiger partial charge in [-0.2, -0.15) is 5.10 Å². The van der Waals surface area contributed by atoms with Crippen LogP contribution < -0.4 is 5.69 Å². The highest BCUT2D eigenvalue weighted by molar-refractivity contribution is 5.56. The Kier molecular flexibility index (Phi) is 3.70. The van der Waals surface area contributed by atoms with Crippen molar-refractivity contribution < 1.29 is 14.6 Å². The van der Waals surface area contributed by atoms with E-state index < -0.39 is 12.4 Å². The van der Waals surface area contributed by atoms with Gasteiger partial charge in [-0.3, -0.25) is 0 Å². The molecule has 2 aromatic rings. The van der Waals surface area contributed by atoms with Gasteiger partial charge in [0.05, 0.1) is 0 Å². The molecule has 118 valence electrons. The summed E-state index contributed by atoms with van der Waals surface area (Å²) in [6.45, 7) is 2.99. The minimum absolute atomic E-state index is 0.249. The molecule has 1 aliphatic heterocycles. The number of hydrogen-bond acceptors (Lipinski definition) is 5. The Morgan fingerprint density at radius 1 is 1.55 bits per heavy atom. The van der Waals surface area contributed by atoms with Crippen LogP contribution in [0.15, 0.2) is 17.2 Å². The number of nitrogens with zero attached hydrogens (tertiary/aromatic N) is 5. The van der Waals surface area contributed by atoms with Gasteiger partial charge in [0.1, 0.15) is 18.2 Å². The number of ether oxygens (including phenoxy) is 1. The van der Waals surface area contributed by atoms with Gasteiger partial charge in [-0.1, -0.05) is 0 Å². The van der Waals surface area contributed by atoms with Crippen molar-refractivity contribution in [2.24, 2.45) is 0 Å². The first-order valence-corrected chi connectivity index (χ1v) is 7.18. The fourth-order valence-electron chi connectivity index (χ4n) is 2.73. The Morgan fingerprint density at radius 3 is 3.09 bits per heavy atom. The van der Waals surface area contributed by atoms with Crippen molar-refractivity contribution in [1.82, 2.24) is 23.9 Å². The number of rotatable bonds is 4. The quantitative estimate of drug-likeness (QED) is 0.839. The lowest BCUT2D eigenvalue weighted by Crippen LogP contribution is -2.33. The van der Waals surface area contributed by atoms with E-state index in [-0.39, 0.29) is 12.2 Å². The average molecular weight is 307 g/mol. The highest BCUT2D eigenvalue weighted by Gasteiger charge is 2.28. The molecule has 9 heteroatoms. The summed E-state index contributed by atoms with van der Waals surface area (Å²) in [6.07, 6.45) is 3.17. The van der Waals surface area contributed by atoms with Crippen LogP contribution in [0.3, 0.4) is 0 Å². The smallest absolute Gasteiger partial charge is 0.450 e. The van der Waals surface area contributed by atoms with Crippen molar-refractivity contribution in [2.75, 3.05) is 0 Å². The standard InChI is InChI=1S/C13H17N5O4/c1-2-16-7-6-14-10(16)8-17-12(19)18-9(15-17)4-3-5-11(18)22-13(20)21/h6-7,11H,2-5,8H2,1H3,(H,20,21). The molecule has 1 unspecified atom stereocenters. The molecule has 0 bridgehead atoms. The lowest BCUT2D eigenvalue weighted by Gasteiger charge is -2.21. The number of carbonyl (C=O) groups is 1. The molecule has 1 aliphatic rings. The maximum absolute atomic E-state index is 12.5. The summed E-state index contributed by atoms with van der Waals surface area (Å²) in [4.78, 5) is 27.5. The van der Waals surface area contributed by atoms with Crippen LogP contribution >= 0.6 is 0 Å². The van der Waals surface area contributed by atoms with E-state index >= 15 is 0 Å². The highest BCUT2D eigenvalue weighted by Crippen LogP contribution is 2.22. The molecule has 22 heavy (non-hydrogen) atoms. The first-order chi connectivity index (χ1) is 10.6. The normalized spacial score (nSPS) is 17.2. The lowest BCUT2D eigenvalue weighted by molar-refractivity contribution is 0.00391. The van der Waals surface area contributed by atoms with Crippen molar-refractivity contribution in [3.05, 3.63) is 34.5 Å². The average Bonchev–Trinajstić information content (AvgIpc) is 3.04. The SMILES string of the molecule is CCn1ccnc1Cn1nc2n(c1=O)C(OC(=O)O)CCC2. The molecular weight excluding hydrogens is 290 g/mol. The van der Waals surface area contributed by atoms with E-state index in [1.165, 1.54) is 9.25 Å². The number of fused-ring (bicyclic) bond motifs is 1. The zero-order chi connectivity index (χ0) is 15.7. The Morgan fingerprint density at radius 2 is 2.36 bits per heavy atom. The van der Waals surface area contributed by atoms with E-state index in [0.29, 0.717) is 18.7 Å². The van der Waals surface area contributed by atoms with Gasteiger partial charge in [-0.15, -0.1) is 0 Å². The third kappa shape index (κ3) is 2.49. The lowest BCUT2D eigenvalue weighted by atomic mass is 10.1. The Bertz CT molecular complexity index is 744. The number of carboxylic acid groups (broad SMARTS) is 1. The van der Waals surface area contributed by atoms with Crippen LogP contribution in [0.4, 0.5) is 4.79 Å². The molecule has 0 amide bonds. The van der Waals surface area contributed by atoms with Crippen molar-refractivity contribution in [3.63, 3.8) is 0 Å². The molecule has 9 nitrogen and oxygen atoms in total. The van der Waals surface area contributed by atoms with Gasteiger partial charge in [0, 0.05) is 31.8 Å². The number of aryl methyl sites for hydroxylation is 2. The predicted octanol–water partition coefficient (Wildman–Crippen LogP) is 0.839. The third-order valence-corrected chi connectivity index (χ3v) is 3.75. The van der Waals surface area contributed by atoms with Crippen LogP contribution in [-0.2, 0) is 24.2 Å². The van der Waals surface area contributed by atoms with Crippen molar-refractivity contribution >= 4 is 6.16 Å². The third-order valence-electron chi connectivity index (χ3n) is 3.75. The molecular formula is C13H17N5O4. The van der Waals surface area contributed by atoms with Crippen LogP contribution in [0.25, 0.3) is 0 Å². The van der Waals surface area contributed by atoms with Gasteiger partial charge in [-0.05, 0) is 13.3 Å². The van der Waals surface area contributed by atoms with Crippen molar-refractivity contribution in [3.8, 4) is 0 Å². The fourth-order valence-corrected chi connectivity index (χ4v) is 2.73. The summed E-state index contributed by atoms with van der Waals surface area (Å²) in [6, 6.07) is 0. The largest absolute Gasteiger partial charge is 0.507 e. The summed E-state index contributed by atoms with van der Waals surface area (Å²) in [5, 5.41) is 13.1. The van der Waals surface area contributed by atoms with Gasteiger partial charge in [0.2, 0.25) is 0 Å². The molecule has 2 aromatic heterocycles. The van der Waals surface area contributed by atoms with Crippen LogP contribution in [0.1, 0.15) is 37.6 Å². The summed E-state index contributed by atoms with van der Waals surface area (Å²) >= 11 is 0. The molecule has 3 heterocycles. The van der Waals surface area contributed by atoms with Gasteiger partial charge in [0.15, 0.2) is 6.23 Å². The van der Waals surface area contributed by atoms with E-state index in [0.717, 1.165) is 18.8 Å². The van der Waals surface area contributed by atoms with Crippen molar-refractivity contribution in [1.29, 1.82) is 0 Å². The molecule has 0 aliphatic carbocycles. The fraction of sp³-hybridized carbons (Fsp3) is 0.538. The molecule has 1 N–H and O–H groups in total. The van der Waals surface area contributed by atoms with Crippen molar-refractivity contribution in [2.45, 2.75) is 45.5 Å². The maximum Gasteiger partial charge on any atom is 0.507 e. The molecule has 0 saturated heterocycles. The van der Waals surface area contributed by atoms with Crippen LogP contribution in [-0.4, -0.2) is 35.2 Å². The van der Waals surface area contributed by atoms with E-state index in [2.05, 4.69) is 10.1 Å². The van der Waals surface area contributed by atoms with Gasteiger partial charge in [0.25, 0.3) is 0 Å². The van der Waals surface area contributed by atoms with Gasteiger partial charge in [-0.25, -0.2) is 23.8 Å². The maximum atomic E-state index is 12.5. The molecule has 0 radical (unpaired) electrons. The monoisotopic (exact) mass is 307 g/mol.